The number of nitro benzene ring substituents is 1. The number of aliphatic hydroxyl groups is 2. The largest absolute Gasteiger partial charge is 0.492 e. The molecule has 344 valence electrons. The van der Waals surface area contributed by atoms with Crippen LogP contribution in [0.15, 0.2) is 102 Å². The number of allylic oxidation sites excluding steroid dienone is 1. The Morgan fingerprint density at radius 2 is 1.73 bits per heavy atom. The molecule has 2 N–H and O–H groups in total. The molecule has 1 saturated heterocycles. The predicted octanol–water partition coefficient (Wildman–Crippen LogP) is 7.41. The molecule has 1 amide bonds. The lowest BCUT2D eigenvalue weighted by Crippen LogP contribution is -2.69. The van der Waals surface area contributed by atoms with Gasteiger partial charge in [0.2, 0.25) is 5.79 Å². The van der Waals surface area contributed by atoms with Crippen LogP contribution >= 0.6 is 0 Å². The van der Waals surface area contributed by atoms with Crippen LogP contribution in [0.1, 0.15) is 67.6 Å². The smallest absolute Gasteiger partial charge is 0.410 e. The maximum Gasteiger partial charge on any atom is 0.410 e. The number of oxime groups is 1. The summed E-state index contributed by atoms with van der Waals surface area (Å²) in [6.45, 7) is 8.46. The quantitative estimate of drug-likeness (QED) is 0.0284. The molecule has 0 bridgehead atoms. The highest BCUT2D eigenvalue weighted by atomic mass is 16.7. The molecule has 0 aromatic heterocycles. The SMILES string of the molecule is C=CCO[C@@]12Oc3ccc(OCCN4CC4)cc3[C@H]3[C@H](CCCCO)[C@@H](CCCCO)C=C(C(=NOCc4ccc([N+](=O)[O-])cc4)C[C@@H]1N(C)C(=O)OCCOCc1ccccc1)[C@H]32. The van der Waals surface area contributed by atoms with E-state index in [-0.39, 0.29) is 69.5 Å². The second-order valence-corrected chi connectivity index (χ2v) is 16.9. The van der Waals surface area contributed by atoms with Crippen LogP contribution in [0, 0.1) is 27.9 Å². The van der Waals surface area contributed by atoms with Gasteiger partial charge in [-0.3, -0.25) is 15.0 Å². The first kappa shape index (κ1) is 46.7. The minimum atomic E-state index is -1.44. The standard InChI is InChI=1S/C49H62N4O11/c1-3-26-62-49-45(51(2)48(56)61-29-28-59-33-35-11-5-4-6-12-35)32-43(50-63-34-36-15-17-38(18-16-36)53(57)58)41-30-37(13-7-9-24-54)40(14-8-10-25-55)46(47(41)49)42-31-39(19-20-44(42)64-49)60-27-23-52-21-22-52/h3-6,11-12,15-20,30-31,37,40,45-47,54-55H,1,7-10,13-14,21-29,32-34H2,2H3/t37-,40+,45-,46+,47+,49+/m0/s1. The number of hydrogen-bond acceptors (Lipinski definition) is 13. The van der Waals surface area contributed by atoms with Crippen molar-refractivity contribution in [2.24, 2.45) is 22.9 Å². The molecular weight excluding hydrogens is 821 g/mol. The van der Waals surface area contributed by atoms with Gasteiger partial charge < -0.3 is 43.6 Å². The van der Waals surface area contributed by atoms with Crippen LogP contribution in [0.5, 0.6) is 11.5 Å². The molecule has 3 aromatic carbocycles. The van der Waals surface area contributed by atoms with Gasteiger partial charge in [-0.1, -0.05) is 60.5 Å². The van der Waals surface area contributed by atoms with Gasteiger partial charge in [0.15, 0.2) is 0 Å². The van der Waals surface area contributed by atoms with Gasteiger partial charge in [0.1, 0.15) is 37.4 Å². The lowest BCUT2D eigenvalue weighted by molar-refractivity contribution is -0.384. The molecule has 3 aromatic rings. The van der Waals surface area contributed by atoms with E-state index in [0.29, 0.717) is 43.1 Å². The molecule has 4 aliphatic rings. The highest BCUT2D eigenvalue weighted by Gasteiger charge is 2.65. The maximum absolute atomic E-state index is 14.2. The molecule has 0 radical (unpaired) electrons. The number of nitro groups is 1. The highest BCUT2D eigenvalue weighted by molar-refractivity contribution is 6.03. The first-order valence-electron chi connectivity index (χ1n) is 22.6. The Morgan fingerprint density at radius 1 is 0.984 bits per heavy atom. The molecule has 1 saturated carbocycles. The fourth-order valence-electron chi connectivity index (χ4n) is 9.48. The number of nitrogens with zero attached hydrogens (tertiary/aromatic N) is 4. The lowest BCUT2D eigenvalue weighted by Gasteiger charge is -2.59. The Hall–Kier alpha value is -5.32. The summed E-state index contributed by atoms with van der Waals surface area (Å²) >= 11 is 0. The van der Waals surface area contributed by atoms with Crippen molar-refractivity contribution in [2.45, 2.75) is 75.9 Å². The summed E-state index contributed by atoms with van der Waals surface area (Å²) in [6, 6.07) is 21.1. The summed E-state index contributed by atoms with van der Waals surface area (Å²) in [4.78, 5) is 35.0. The minimum Gasteiger partial charge on any atom is -0.492 e. The van der Waals surface area contributed by atoms with Crippen molar-refractivity contribution < 1.29 is 48.5 Å². The summed E-state index contributed by atoms with van der Waals surface area (Å²) in [5, 5.41) is 36.0. The average molecular weight is 883 g/mol. The van der Waals surface area contributed by atoms with Crippen LogP contribution in [0.25, 0.3) is 0 Å². The molecule has 2 aliphatic heterocycles. The van der Waals surface area contributed by atoms with Crippen LogP contribution in [0.4, 0.5) is 10.5 Å². The van der Waals surface area contributed by atoms with Gasteiger partial charge in [-0.25, -0.2) is 4.79 Å². The zero-order valence-corrected chi connectivity index (χ0v) is 36.8. The third-order valence-corrected chi connectivity index (χ3v) is 12.7. The molecule has 64 heavy (non-hydrogen) atoms. The highest BCUT2D eigenvalue weighted by Crippen LogP contribution is 2.61. The van der Waals surface area contributed by atoms with Crippen LogP contribution in [-0.4, -0.2) is 115 Å². The fourth-order valence-corrected chi connectivity index (χ4v) is 9.48. The maximum atomic E-state index is 14.2. The molecule has 2 aliphatic carbocycles. The number of likely N-dealkylation sites (N-methyl/N-ethyl adjacent to an activating group) is 1. The first-order valence-corrected chi connectivity index (χ1v) is 22.6. The Kier molecular flexibility index (Phi) is 16.4. The first-order chi connectivity index (χ1) is 31.3. The van der Waals surface area contributed by atoms with Gasteiger partial charge in [-0.2, -0.15) is 0 Å². The van der Waals surface area contributed by atoms with E-state index in [0.717, 1.165) is 67.8 Å². The summed E-state index contributed by atoms with van der Waals surface area (Å²) in [5.74, 6) is -0.727. The number of rotatable bonds is 25. The number of carbonyl (C=O) groups is 1. The molecule has 0 unspecified atom stereocenters. The van der Waals surface area contributed by atoms with E-state index in [1.807, 2.05) is 42.5 Å². The van der Waals surface area contributed by atoms with Crippen molar-refractivity contribution >= 4 is 17.5 Å². The van der Waals surface area contributed by atoms with Crippen molar-refractivity contribution in [3.63, 3.8) is 0 Å². The number of benzene rings is 3. The molecule has 15 heteroatoms. The zero-order chi connectivity index (χ0) is 44.9. The van der Waals surface area contributed by atoms with Crippen molar-refractivity contribution in [3.8, 4) is 11.5 Å². The van der Waals surface area contributed by atoms with Crippen molar-refractivity contribution in [3.05, 3.63) is 124 Å². The van der Waals surface area contributed by atoms with Gasteiger partial charge in [0.25, 0.3) is 5.69 Å². The van der Waals surface area contributed by atoms with Gasteiger partial charge in [0, 0.05) is 69.9 Å². The lowest BCUT2D eigenvalue weighted by atomic mass is 9.55. The average Bonchev–Trinajstić information content (AvgIpc) is 4.14. The van der Waals surface area contributed by atoms with Crippen LogP contribution in [-0.2, 0) is 32.3 Å². The molecular formula is C49H62N4O11. The van der Waals surface area contributed by atoms with Gasteiger partial charge in [0.05, 0.1) is 36.4 Å². The van der Waals surface area contributed by atoms with Crippen molar-refractivity contribution in [1.29, 1.82) is 0 Å². The normalized spacial score (nSPS) is 23.8. The third-order valence-electron chi connectivity index (χ3n) is 12.7. The van der Waals surface area contributed by atoms with Gasteiger partial charge in [-0.05, 0) is 84.6 Å². The van der Waals surface area contributed by atoms with E-state index in [4.69, 9.17) is 33.7 Å². The molecule has 15 nitrogen and oxygen atoms in total. The second-order valence-electron chi connectivity index (χ2n) is 16.9. The molecule has 2 fully saturated rings. The number of carbonyl (C=O) groups excluding carboxylic acids is 1. The number of hydrogen-bond donors (Lipinski definition) is 2. The molecule has 6 atom stereocenters. The summed E-state index contributed by atoms with van der Waals surface area (Å²) in [7, 11) is 1.68. The fraction of sp³-hybridized carbons (Fsp3) is 0.510. The van der Waals surface area contributed by atoms with Crippen LogP contribution in [0.2, 0.25) is 0 Å². The van der Waals surface area contributed by atoms with Gasteiger partial charge in [-0.15, -0.1) is 6.58 Å². The van der Waals surface area contributed by atoms with Crippen molar-refractivity contribution in [2.75, 3.05) is 66.3 Å². The summed E-state index contributed by atoms with van der Waals surface area (Å²) < 4.78 is 32.2. The van der Waals surface area contributed by atoms with Crippen LogP contribution in [0.3, 0.4) is 0 Å². The Balaban J connectivity index is 1.29. The summed E-state index contributed by atoms with van der Waals surface area (Å²) in [5.41, 5.74) is 4.15. The molecule has 0 spiro atoms. The third kappa shape index (κ3) is 11.3. The second kappa shape index (κ2) is 22.5. The Labute approximate surface area is 375 Å². The van der Waals surface area contributed by atoms with Crippen molar-refractivity contribution in [1.82, 2.24) is 9.80 Å². The van der Waals surface area contributed by atoms with E-state index in [1.165, 1.54) is 17.0 Å². The predicted molar refractivity (Wildman–Crippen MR) is 240 cm³/mol. The number of aliphatic hydroxyl groups excluding tert-OH is 2. The number of fused-ring (bicyclic) bond motifs is 2. The van der Waals surface area contributed by atoms with E-state index in [9.17, 15) is 25.1 Å². The van der Waals surface area contributed by atoms with E-state index in [1.54, 1.807) is 25.3 Å². The topological polar surface area (TPSA) is 175 Å². The Morgan fingerprint density at radius 3 is 2.45 bits per heavy atom. The number of amides is 1. The molecule has 7 rings (SSSR count). The van der Waals surface area contributed by atoms with Gasteiger partial charge >= 0.3 is 6.09 Å². The zero-order valence-electron chi connectivity index (χ0n) is 36.8. The van der Waals surface area contributed by atoms with E-state index in [2.05, 4.69) is 23.6 Å². The molecule has 2 heterocycles. The van der Waals surface area contributed by atoms with E-state index < -0.39 is 28.8 Å². The monoisotopic (exact) mass is 882 g/mol. The number of unbranched alkanes of at least 4 members (excludes halogenated alkanes) is 2. The summed E-state index contributed by atoms with van der Waals surface area (Å²) in [6.07, 6.45) is 8.02. The Bertz CT molecular complexity index is 2080. The van der Waals surface area contributed by atoms with Crippen LogP contribution < -0.4 is 9.47 Å². The number of non-ortho nitro benzene ring substituents is 1. The van der Waals surface area contributed by atoms with E-state index >= 15 is 0 Å². The minimum absolute atomic E-state index is 0.0203. The number of ether oxygens (including phenoxy) is 5.